The van der Waals surface area contributed by atoms with E-state index in [1.165, 1.54) is 4.88 Å². The second-order valence-corrected chi connectivity index (χ2v) is 8.91. The highest BCUT2D eigenvalue weighted by atomic mass is 32.9. The molecule has 2 N–H and O–H groups in total. The Labute approximate surface area is 155 Å². The van der Waals surface area contributed by atoms with E-state index in [-0.39, 0.29) is 6.61 Å². The van der Waals surface area contributed by atoms with Crippen molar-refractivity contribution >= 4 is 32.9 Å². The standard InChI is InChI=1S/C17H22N2O2S3/c1-12-16(23-24-17(12)22)13-2-3-15(21)14(10-13)11-19-6-4-18(5-7-19)8-9-20/h2-3,10,20-21H,4-9,11H2,1H3. The van der Waals surface area contributed by atoms with E-state index >= 15 is 0 Å². The number of aliphatic hydroxyl groups excluding tert-OH is 1. The molecule has 2 heterocycles. The lowest BCUT2D eigenvalue weighted by molar-refractivity contribution is 0.108. The molecule has 0 unspecified atom stereocenters. The third-order valence-corrected chi connectivity index (χ3v) is 7.84. The van der Waals surface area contributed by atoms with E-state index in [4.69, 9.17) is 17.3 Å². The molecule has 1 saturated heterocycles. The van der Waals surface area contributed by atoms with Crippen LogP contribution in [0.15, 0.2) is 18.2 Å². The van der Waals surface area contributed by atoms with E-state index in [0.717, 1.165) is 59.8 Å². The van der Waals surface area contributed by atoms with E-state index in [2.05, 4.69) is 22.8 Å². The maximum Gasteiger partial charge on any atom is 0.120 e. The number of β-amino-alcohol motifs (C(OH)–C–C–N with tert-alkyl or cyclic N) is 1. The Morgan fingerprint density at radius 2 is 1.83 bits per heavy atom. The van der Waals surface area contributed by atoms with E-state index in [1.54, 1.807) is 26.7 Å². The van der Waals surface area contributed by atoms with E-state index in [0.29, 0.717) is 5.75 Å². The summed E-state index contributed by atoms with van der Waals surface area (Å²) in [5.74, 6) is 0.355. The Morgan fingerprint density at radius 3 is 2.46 bits per heavy atom. The van der Waals surface area contributed by atoms with Crippen LogP contribution < -0.4 is 0 Å². The molecule has 2 aromatic rings. The monoisotopic (exact) mass is 382 g/mol. The van der Waals surface area contributed by atoms with Gasteiger partial charge in [-0.3, -0.25) is 9.80 Å². The molecule has 24 heavy (non-hydrogen) atoms. The number of hydrogen-bond acceptors (Lipinski definition) is 7. The van der Waals surface area contributed by atoms with Gasteiger partial charge >= 0.3 is 0 Å². The van der Waals surface area contributed by atoms with Crippen molar-refractivity contribution in [2.75, 3.05) is 39.3 Å². The molecule has 0 amide bonds. The lowest BCUT2D eigenvalue weighted by atomic mass is 10.1. The van der Waals surface area contributed by atoms with Crippen LogP contribution >= 0.6 is 32.9 Å². The fraction of sp³-hybridized carbons (Fsp3) is 0.471. The Bertz CT molecular complexity index is 749. The number of aromatic hydroxyl groups is 1. The average Bonchev–Trinajstić information content (AvgIpc) is 2.91. The number of piperazine rings is 1. The molecule has 4 nitrogen and oxygen atoms in total. The molecule has 0 aliphatic carbocycles. The summed E-state index contributed by atoms with van der Waals surface area (Å²) in [6, 6.07) is 5.85. The van der Waals surface area contributed by atoms with Gasteiger partial charge in [-0.05, 0) is 36.2 Å². The first-order valence-corrected chi connectivity index (χ1v) is 10.6. The molecule has 130 valence electrons. The maximum atomic E-state index is 10.2. The van der Waals surface area contributed by atoms with Gasteiger partial charge < -0.3 is 10.2 Å². The second-order valence-electron chi connectivity index (χ2n) is 6.09. The van der Waals surface area contributed by atoms with Gasteiger partial charge in [-0.1, -0.05) is 32.9 Å². The van der Waals surface area contributed by atoms with Crippen LogP contribution in [0, 0.1) is 10.7 Å². The van der Waals surface area contributed by atoms with Gasteiger partial charge in [-0.15, -0.1) is 0 Å². The Kier molecular flexibility index (Phi) is 6.02. The molecule has 0 atom stereocenters. The van der Waals surface area contributed by atoms with Crippen molar-refractivity contribution in [1.82, 2.24) is 9.80 Å². The van der Waals surface area contributed by atoms with Crippen molar-refractivity contribution in [2.24, 2.45) is 0 Å². The fourth-order valence-electron chi connectivity index (χ4n) is 2.97. The molecule has 0 radical (unpaired) electrons. The first kappa shape index (κ1) is 18.0. The molecular weight excluding hydrogens is 360 g/mol. The van der Waals surface area contributed by atoms with Crippen molar-refractivity contribution in [2.45, 2.75) is 13.5 Å². The number of rotatable bonds is 5. The van der Waals surface area contributed by atoms with Crippen molar-refractivity contribution in [1.29, 1.82) is 0 Å². The highest BCUT2D eigenvalue weighted by molar-refractivity contribution is 7.80. The van der Waals surface area contributed by atoms with Gasteiger partial charge in [0.25, 0.3) is 0 Å². The second kappa shape index (κ2) is 8.03. The van der Waals surface area contributed by atoms with Crippen molar-refractivity contribution in [3.63, 3.8) is 0 Å². The number of phenolic OH excluding ortho intramolecular Hbond substituents is 1. The van der Waals surface area contributed by atoms with Crippen molar-refractivity contribution in [3.05, 3.63) is 33.1 Å². The summed E-state index contributed by atoms with van der Waals surface area (Å²) in [6.45, 7) is 7.63. The zero-order valence-electron chi connectivity index (χ0n) is 13.7. The molecule has 1 aromatic carbocycles. The lowest BCUT2D eigenvalue weighted by Gasteiger charge is -2.34. The van der Waals surface area contributed by atoms with Gasteiger partial charge in [0.2, 0.25) is 0 Å². The van der Waals surface area contributed by atoms with Crippen LogP contribution in [0.25, 0.3) is 10.4 Å². The highest BCUT2D eigenvalue weighted by Crippen LogP contribution is 2.36. The predicted molar refractivity (Wildman–Crippen MR) is 104 cm³/mol. The highest BCUT2D eigenvalue weighted by Gasteiger charge is 2.18. The summed E-state index contributed by atoms with van der Waals surface area (Å²) in [4.78, 5) is 5.84. The molecular formula is C17H22N2O2S3. The minimum atomic E-state index is 0.217. The van der Waals surface area contributed by atoms with Crippen molar-refractivity contribution < 1.29 is 10.2 Å². The van der Waals surface area contributed by atoms with Crippen LogP contribution in [-0.2, 0) is 6.54 Å². The van der Waals surface area contributed by atoms with E-state index < -0.39 is 0 Å². The van der Waals surface area contributed by atoms with Crippen LogP contribution in [-0.4, -0.2) is 59.3 Å². The quantitative estimate of drug-likeness (QED) is 0.614. The molecule has 7 heteroatoms. The molecule has 1 aliphatic heterocycles. The molecule has 0 spiro atoms. The summed E-state index contributed by atoms with van der Waals surface area (Å²) < 4.78 is 0.949. The van der Waals surface area contributed by atoms with Gasteiger partial charge in [-0.25, -0.2) is 0 Å². The molecule has 0 saturated carbocycles. The van der Waals surface area contributed by atoms with E-state index in [9.17, 15) is 5.11 Å². The first-order chi connectivity index (χ1) is 11.6. The Morgan fingerprint density at radius 1 is 1.12 bits per heavy atom. The fourth-order valence-corrected chi connectivity index (χ4v) is 5.86. The van der Waals surface area contributed by atoms with Gasteiger partial charge in [0, 0.05) is 44.8 Å². The minimum Gasteiger partial charge on any atom is -0.508 e. The predicted octanol–water partition coefficient (Wildman–Crippen LogP) is 3.33. The molecule has 3 rings (SSSR count). The summed E-state index contributed by atoms with van der Waals surface area (Å²) in [6.07, 6.45) is 0. The number of nitrogens with zero attached hydrogens (tertiary/aromatic N) is 2. The molecule has 1 aliphatic rings. The van der Waals surface area contributed by atoms with Crippen LogP contribution in [0.4, 0.5) is 0 Å². The number of hydrogen-bond donors (Lipinski definition) is 2. The number of aliphatic hydroxyl groups is 1. The van der Waals surface area contributed by atoms with Gasteiger partial charge in [0.15, 0.2) is 0 Å². The van der Waals surface area contributed by atoms with Crippen molar-refractivity contribution in [3.8, 4) is 16.2 Å². The molecule has 0 bridgehead atoms. The van der Waals surface area contributed by atoms with E-state index in [1.807, 2.05) is 6.07 Å². The number of phenols is 1. The van der Waals surface area contributed by atoms with Crippen LogP contribution in [0.5, 0.6) is 5.75 Å². The minimum absolute atomic E-state index is 0.217. The first-order valence-electron chi connectivity index (χ1n) is 8.06. The topological polar surface area (TPSA) is 46.9 Å². The van der Waals surface area contributed by atoms with Crippen LogP contribution in [0.1, 0.15) is 11.1 Å². The van der Waals surface area contributed by atoms with Gasteiger partial charge in [0.05, 0.1) is 11.5 Å². The maximum absolute atomic E-state index is 10.2. The molecule has 1 fully saturated rings. The number of benzene rings is 1. The SMILES string of the molecule is Cc1c(-c2ccc(O)c(CN3CCN(CCO)CC3)c2)ssc1=S. The summed E-state index contributed by atoms with van der Waals surface area (Å²) in [7, 11) is 3.34. The lowest BCUT2D eigenvalue weighted by Crippen LogP contribution is -2.46. The largest absolute Gasteiger partial charge is 0.508 e. The Hall–Kier alpha value is -0.830. The third-order valence-electron chi connectivity index (χ3n) is 4.46. The average molecular weight is 383 g/mol. The summed E-state index contributed by atoms with van der Waals surface area (Å²) in [5.41, 5.74) is 3.26. The zero-order chi connectivity index (χ0) is 17.1. The molecule has 1 aromatic heterocycles. The normalized spacial score (nSPS) is 16.6. The summed E-state index contributed by atoms with van der Waals surface area (Å²) >= 11 is 5.34. The summed E-state index contributed by atoms with van der Waals surface area (Å²) in [5, 5.41) is 19.3. The smallest absolute Gasteiger partial charge is 0.120 e. The zero-order valence-corrected chi connectivity index (χ0v) is 16.1. The Balaban J connectivity index is 1.73. The third kappa shape index (κ3) is 4.04. The van der Waals surface area contributed by atoms with Gasteiger partial charge in [-0.2, -0.15) is 0 Å². The van der Waals surface area contributed by atoms with Gasteiger partial charge in [0.1, 0.15) is 9.57 Å². The van der Waals surface area contributed by atoms with Crippen LogP contribution in [0.2, 0.25) is 0 Å². The van der Waals surface area contributed by atoms with Crippen LogP contribution in [0.3, 0.4) is 0 Å².